The number of aliphatic hydroxyl groups excluding tert-OH is 3. The Morgan fingerprint density at radius 1 is 1.33 bits per heavy atom. The van der Waals surface area contributed by atoms with Gasteiger partial charge in [0.25, 0.3) is 5.91 Å². The average Bonchev–Trinajstić information content (AvgIpc) is 2.80. The summed E-state index contributed by atoms with van der Waals surface area (Å²) in [7, 11) is 0. The largest absolute Gasteiger partial charge is 0.395 e. The van der Waals surface area contributed by atoms with Crippen molar-refractivity contribution in [3.05, 3.63) is 35.1 Å². The van der Waals surface area contributed by atoms with Gasteiger partial charge in [-0.25, -0.2) is 4.39 Å². The number of nitrogens with zero attached hydrogens (tertiary/aromatic N) is 1. The topological polar surface area (TPSA) is 81.0 Å². The molecule has 0 bridgehead atoms. The van der Waals surface area contributed by atoms with Crippen molar-refractivity contribution in [2.75, 3.05) is 19.7 Å². The maximum atomic E-state index is 13.8. The first-order valence-corrected chi connectivity index (χ1v) is 6.57. The highest BCUT2D eigenvalue weighted by Gasteiger charge is 2.33. The second kappa shape index (κ2) is 6.68. The summed E-state index contributed by atoms with van der Waals surface area (Å²) in [5.41, 5.74) is 0.320. The first-order chi connectivity index (χ1) is 10.0. The van der Waals surface area contributed by atoms with Gasteiger partial charge in [-0.1, -0.05) is 11.8 Å². The molecule has 2 unspecified atom stereocenters. The van der Waals surface area contributed by atoms with Crippen molar-refractivity contribution in [1.82, 2.24) is 4.90 Å². The van der Waals surface area contributed by atoms with E-state index in [0.29, 0.717) is 12.0 Å². The molecule has 0 aromatic heterocycles. The summed E-state index contributed by atoms with van der Waals surface area (Å²) in [5.74, 6) is 4.16. The summed E-state index contributed by atoms with van der Waals surface area (Å²) in [6.45, 7) is -0.122. The highest BCUT2D eigenvalue weighted by Crippen LogP contribution is 2.17. The third-order valence-corrected chi connectivity index (χ3v) is 3.21. The number of rotatable bonds is 2. The van der Waals surface area contributed by atoms with Crippen molar-refractivity contribution in [1.29, 1.82) is 0 Å². The first kappa shape index (κ1) is 15.4. The number of carbonyl (C=O) groups is 1. The fraction of sp³-hybridized carbons (Fsp3) is 0.400. The minimum atomic E-state index is -1.01. The minimum absolute atomic E-state index is 0.0279. The van der Waals surface area contributed by atoms with Gasteiger partial charge in [0.05, 0.1) is 24.4 Å². The van der Waals surface area contributed by atoms with E-state index < -0.39 is 23.9 Å². The highest BCUT2D eigenvalue weighted by molar-refractivity contribution is 5.95. The van der Waals surface area contributed by atoms with E-state index in [4.69, 9.17) is 5.11 Å². The number of amides is 1. The molecule has 2 atom stereocenters. The van der Waals surface area contributed by atoms with Gasteiger partial charge in [0, 0.05) is 25.1 Å². The number of carbonyl (C=O) groups excluding carboxylic acids is 1. The van der Waals surface area contributed by atoms with Gasteiger partial charge < -0.3 is 20.2 Å². The van der Waals surface area contributed by atoms with Crippen LogP contribution in [0.3, 0.4) is 0 Å². The Labute approximate surface area is 121 Å². The molecule has 3 N–H and O–H groups in total. The van der Waals surface area contributed by atoms with Crippen LogP contribution in [0.25, 0.3) is 0 Å². The SMILES string of the molecule is O=C(c1cc(C#CCCO)ccc1F)N1CC(O)C(O)C1. The van der Waals surface area contributed by atoms with Crippen molar-refractivity contribution in [2.45, 2.75) is 18.6 Å². The zero-order valence-corrected chi connectivity index (χ0v) is 11.3. The molecule has 6 heteroatoms. The predicted molar refractivity (Wildman–Crippen MR) is 72.9 cm³/mol. The van der Waals surface area contributed by atoms with Gasteiger partial charge >= 0.3 is 0 Å². The maximum absolute atomic E-state index is 13.8. The van der Waals surface area contributed by atoms with Gasteiger partial charge in [-0.15, -0.1) is 0 Å². The Morgan fingerprint density at radius 3 is 2.62 bits per heavy atom. The maximum Gasteiger partial charge on any atom is 0.257 e. The van der Waals surface area contributed by atoms with Crippen LogP contribution in [0.2, 0.25) is 0 Å². The Kier molecular flexibility index (Phi) is 4.91. The zero-order chi connectivity index (χ0) is 15.4. The van der Waals surface area contributed by atoms with E-state index in [1.807, 2.05) is 0 Å². The molecule has 112 valence electrons. The molecule has 0 aliphatic carbocycles. The molecule has 1 fully saturated rings. The summed E-state index contributed by atoms with van der Waals surface area (Å²) in [6, 6.07) is 3.93. The van der Waals surface area contributed by atoms with Gasteiger partial charge in [-0.3, -0.25) is 4.79 Å². The Bertz CT molecular complexity index is 583. The van der Waals surface area contributed by atoms with Crippen molar-refractivity contribution in [3.8, 4) is 11.8 Å². The van der Waals surface area contributed by atoms with Crippen LogP contribution in [-0.4, -0.2) is 58.0 Å². The van der Waals surface area contributed by atoms with Crippen LogP contribution >= 0.6 is 0 Å². The molecule has 1 saturated heterocycles. The number of benzene rings is 1. The fourth-order valence-corrected chi connectivity index (χ4v) is 2.09. The molecular formula is C15H16FNO4. The second-order valence-electron chi connectivity index (χ2n) is 4.81. The van der Waals surface area contributed by atoms with Crippen molar-refractivity contribution >= 4 is 5.91 Å². The van der Waals surface area contributed by atoms with Gasteiger partial charge in [0.2, 0.25) is 0 Å². The summed E-state index contributed by atoms with van der Waals surface area (Å²) in [4.78, 5) is 13.4. The number of β-amino-alcohol motifs (C(OH)–C–C–N with tert-alkyl or cyclic N) is 2. The Morgan fingerprint density at radius 2 is 2.00 bits per heavy atom. The third-order valence-electron chi connectivity index (χ3n) is 3.21. The van der Waals surface area contributed by atoms with E-state index in [-0.39, 0.29) is 25.3 Å². The van der Waals surface area contributed by atoms with E-state index in [9.17, 15) is 19.4 Å². The van der Waals surface area contributed by atoms with Crippen LogP contribution in [0.4, 0.5) is 4.39 Å². The monoisotopic (exact) mass is 293 g/mol. The lowest BCUT2D eigenvalue weighted by Gasteiger charge is -2.15. The Balaban J connectivity index is 2.21. The van der Waals surface area contributed by atoms with Gasteiger partial charge in [-0.05, 0) is 18.2 Å². The van der Waals surface area contributed by atoms with Gasteiger partial charge in [0.15, 0.2) is 0 Å². The lowest BCUT2D eigenvalue weighted by Crippen LogP contribution is -2.30. The number of halogens is 1. The molecular weight excluding hydrogens is 277 g/mol. The molecule has 5 nitrogen and oxygen atoms in total. The van der Waals surface area contributed by atoms with E-state index >= 15 is 0 Å². The molecule has 1 amide bonds. The molecule has 2 rings (SSSR count). The number of hydrogen-bond donors (Lipinski definition) is 3. The molecule has 21 heavy (non-hydrogen) atoms. The Hall–Kier alpha value is -1.94. The fourth-order valence-electron chi connectivity index (χ4n) is 2.09. The van der Waals surface area contributed by atoms with E-state index in [2.05, 4.69) is 11.8 Å². The molecule has 1 aromatic rings. The zero-order valence-electron chi connectivity index (χ0n) is 11.3. The number of hydrogen-bond acceptors (Lipinski definition) is 4. The first-order valence-electron chi connectivity index (χ1n) is 6.57. The summed E-state index contributed by atoms with van der Waals surface area (Å²) >= 11 is 0. The minimum Gasteiger partial charge on any atom is -0.395 e. The summed E-state index contributed by atoms with van der Waals surface area (Å²) in [6.07, 6.45) is -1.72. The summed E-state index contributed by atoms with van der Waals surface area (Å²) < 4.78 is 13.8. The van der Waals surface area contributed by atoms with Gasteiger partial charge in [0.1, 0.15) is 5.82 Å². The number of likely N-dealkylation sites (tertiary alicyclic amines) is 1. The lowest BCUT2D eigenvalue weighted by molar-refractivity contribution is 0.0572. The molecule has 1 heterocycles. The van der Waals surface area contributed by atoms with Crippen LogP contribution < -0.4 is 0 Å². The summed E-state index contributed by atoms with van der Waals surface area (Å²) in [5, 5.41) is 27.5. The van der Waals surface area contributed by atoms with E-state index in [1.165, 1.54) is 17.0 Å². The molecule has 0 saturated carbocycles. The molecule has 1 aliphatic heterocycles. The molecule has 0 spiro atoms. The molecule has 1 aromatic carbocycles. The van der Waals surface area contributed by atoms with Crippen molar-refractivity contribution in [2.24, 2.45) is 0 Å². The van der Waals surface area contributed by atoms with Crippen LogP contribution in [0.1, 0.15) is 22.3 Å². The smallest absolute Gasteiger partial charge is 0.257 e. The van der Waals surface area contributed by atoms with Crippen LogP contribution in [0, 0.1) is 17.7 Å². The lowest BCUT2D eigenvalue weighted by atomic mass is 10.1. The third kappa shape index (κ3) is 3.58. The van der Waals surface area contributed by atoms with E-state index in [1.54, 1.807) is 0 Å². The normalized spacial score (nSPS) is 21.0. The van der Waals surface area contributed by atoms with Crippen molar-refractivity contribution in [3.63, 3.8) is 0 Å². The predicted octanol–water partition coefficient (Wildman–Crippen LogP) is -0.263. The van der Waals surface area contributed by atoms with Crippen LogP contribution in [0.15, 0.2) is 18.2 Å². The van der Waals surface area contributed by atoms with Crippen molar-refractivity contribution < 1.29 is 24.5 Å². The quantitative estimate of drug-likeness (QED) is 0.656. The standard InChI is InChI=1S/C15H16FNO4/c16-12-5-4-10(3-1-2-6-18)7-11(12)15(21)17-8-13(19)14(20)9-17/h4-5,7,13-14,18-20H,2,6,8-9H2. The van der Waals surface area contributed by atoms with Gasteiger partial charge in [-0.2, -0.15) is 0 Å². The van der Waals surface area contributed by atoms with E-state index in [0.717, 1.165) is 6.07 Å². The van der Waals surface area contributed by atoms with Crippen LogP contribution in [-0.2, 0) is 0 Å². The average molecular weight is 293 g/mol. The number of aliphatic hydroxyl groups is 3. The molecule has 1 aliphatic rings. The van der Waals surface area contributed by atoms with Crippen LogP contribution in [0.5, 0.6) is 0 Å². The molecule has 0 radical (unpaired) electrons. The second-order valence-corrected chi connectivity index (χ2v) is 4.81. The highest BCUT2D eigenvalue weighted by atomic mass is 19.1.